The van der Waals surface area contributed by atoms with Crippen molar-refractivity contribution in [3.8, 4) is 22.8 Å². The van der Waals surface area contributed by atoms with Crippen LogP contribution in [-0.4, -0.2) is 74.1 Å². The van der Waals surface area contributed by atoms with E-state index in [4.69, 9.17) is 13.9 Å². The molecule has 1 aliphatic rings. The predicted octanol–water partition coefficient (Wildman–Crippen LogP) is 1.29. The van der Waals surface area contributed by atoms with Crippen molar-refractivity contribution in [3.05, 3.63) is 40.4 Å². The summed E-state index contributed by atoms with van der Waals surface area (Å²) in [5, 5.41) is 4.87. The van der Waals surface area contributed by atoms with Gasteiger partial charge in [0.2, 0.25) is 10.0 Å². The summed E-state index contributed by atoms with van der Waals surface area (Å²) < 4.78 is 43.0. The number of ether oxygens (including phenoxy) is 2. The van der Waals surface area contributed by atoms with E-state index in [2.05, 4.69) is 10.00 Å². The van der Waals surface area contributed by atoms with Crippen LogP contribution in [0.1, 0.15) is 5.76 Å². The molecule has 1 aromatic carbocycles. The van der Waals surface area contributed by atoms with E-state index in [1.807, 2.05) is 6.07 Å². The number of rotatable bonds is 6. The molecule has 1 aliphatic heterocycles. The average Bonchev–Trinajstić information content (AvgIpc) is 3.19. The van der Waals surface area contributed by atoms with E-state index in [0.717, 1.165) is 5.56 Å². The zero-order chi connectivity index (χ0) is 23.0. The quantitative estimate of drug-likeness (QED) is 0.539. The number of aromatic nitrogens is 2. The van der Waals surface area contributed by atoms with Crippen LogP contribution < -0.4 is 15.0 Å². The van der Waals surface area contributed by atoms with E-state index >= 15 is 0 Å². The Kier molecular flexibility index (Phi) is 5.97. The van der Waals surface area contributed by atoms with Crippen molar-refractivity contribution < 1.29 is 22.3 Å². The zero-order valence-corrected chi connectivity index (χ0v) is 19.3. The molecular formula is C21H26N4O6S. The first-order valence-electron chi connectivity index (χ1n) is 10.1. The van der Waals surface area contributed by atoms with Crippen LogP contribution >= 0.6 is 0 Å². The number of furan rings is 1. The fraction of sp³-hybridized carbons (Fsp3) is 0.429. The molecule has 0 N–H and O–H groups in total. The van der Waals surface area contributed by atoms with Crippen LogP contribution in [0.4, 0.5) is 0 Å². The number of nitrogens with zero attached hydrogens (tertiary/aromatic N) is 4. The third-order valence-corrected chi connectivity index (χ3v) is 6.91. The van der Waals surface area contributed by atoms with E-state index in [9.17, 15) is 13.2 Å². The molecule has 0 saturated carbocycles. The van der Waals surface area contributed by atoms with Crippen LogP contribution in [0.15, 0.2) is 33.5 Å². The van der Waals surface area contributed by atoms with Gasteiger partial charge in [-0.1, -0.05) is 0 Å². The molecule has 11 heteroatoms. The van der Waals surface area contributed by atoms with Gasteiger partial charge in [0.05, 0.1) is 32.4 Å². The molecule has 10 nitrogen and oxygen atoms in total. The molecule has 0 radical (unpaired) electrons. The van der Waals surface area contributed by atoms with Crippen molar-refractivity contribution in [2.24, 2.45) is 7.05 Å². The van der Waals surface area contributed by atoms with Crippen molar-refractivity contribution in [1.29, 1.82) is 0 Å². The van der Waals surface area contributed by atoms with Crippen molar-refractivity contribution in [3.63, 3.8) is 0 Å². The number of hydrogen-bond donors (Lipinski definition) is 0. The second kappa shape index (κ2) is 8.57. The lowest BCUT2D eigenvalue weighted by atomic mass is 10.1. The smallest absolute Gasteiger partial charge is 0.277 e. The molecule has 0 bridgehead atoms. The number of aryl methyl sites for hydroxylation is 1. The number of benzene rings is 1. The molecule has 0 atom stereocenters. The summed E-state index contributed by atoms with van der Waals surface area (Å²) in [5.41, 5.74) is 1.41. The maximum absolute atomic E-state index is 12.7. The maximum Gasteiger partial charge on any atom is 0.277 e. The largest absolute Gasteiger partial charge is 0.493 e. The third-order valence-electron chi connectivity index (χ3n) is 5.61. The Balaban J connectivity index is 1.67. The van der Waals surface area contributed by atoms with Gasteiger partial charge >= 0.3 is 0 Å². The Hall–Kier alpha value is -2.89. The Morgan fingerprint density at radius 3 is 2.38 bits per heavy atom. The molecule has 4 rings (SSSR count). The second-order valence-electron chi connectivity index (χ2n) is 7.74. The predicted molar refractivity (Wildman–Crippen MR) is 119 cm³/mol. The Morgan fingerprint density at radius 2 is 1.75 bits per heavy atom. The van der Waals surface area contributed by atoms with Gasteiger partial charge in [-0.3, -0.25) is 9.69 Å². The van der Waals surface area contributed by atoms with E-state index in [1.54, 1.807) is 39.5 Å². The number of piperazine rings is 1. The number of methoxy groups -OCH3 is 2. The van der Waals surface area contributed by atoms with Gasteiger partial charge in [-0.25, -0.2) is 13.1 Å². The fourth-order valence-electron chi connectivity index (χ4n) is 3.88. The molecule has 0 amide bonds. The normalized spacial score (nSPS) is 15.9. The third kappa shape index (κ3) is 4.23. The first-order chi connectivity index (χ1) is 15.2. The lowest BCUT2D eigenvalue weighted by molar-refractivity contribution is 0.172. The number of fused-ring (bicyclic) bond motifs is 1. The molecule has 0 aliphatic carbocycles. The van der Waals surface area contributed by atoms with E-state index < -0.39 is 10.0 Å². The van der Waals surface area contributed by atoms with Crippen LogP contribution in [-0.2, 0) is 23.6 Å². The highest BCUT2D eigenvalue weighted by atomic mass is 32.2. The van der Waals surface area contributed by atoms with Gasteiger partial charge in [-0.15, -0.1) is 0 Å². The van der Waals surface area contributed by atoms with Crippen molar-refractivity contribution >= 4 is 21.0 Å². The average molecular weight is 463 g/mol. The second-order valence-corrected chi connectivity index (χ2v) is 9.72. The van der Waals surface area contributed by atoms with Gasteiger partial charge in [0, 0.05) is 38.8 Å². The molecule has 3 heterocycles. The van der Waals surface area contributed by atoms with Gasteiger partial charge in [-0.2, -0.15) is 9.40 Å². The van der Waals surface area contributed by atoms with Crippen molar-refractivity contribution in [1.82, 2.24) is 19.0 Å². The molecular weight excluding hydrogens is 436 g/mol. The summed E-state index contributed by atoms with van der Waals surface area (Å²) >= 11 is 0. The first kappa shape index (κ1) is 22.3. The number of hydrogen-bond acceptors (Lipinski definition) is 8. The van der Waals surface area contributed by atoms with Crippen LogP contribution in [0.5, 0.6) is 11.5 Å². The monoisotopic (exact) mass is 462 g/mol. The first-order valence-corrected chi connectivity index (χ1v) is 12.0. The zero-order valence-electron chi connectivity index (χ0n) is 18.5. The molecule has 1 fully saturated rings. The molecule has 0 spiro atoms. The molecule has 32 heavy (non-hydrogen) atoms. The molecule has 0 unspecified atom stereocenters. The Bertz CT molecular complexity index is 1310. The molecule has 172 valence electrons. The van der Waals surface area contributed by atoms with Crippen molar-refractivity contribution in [2.75, 3.05) is 46.7 Å². The highest BCUT2D eigenvalue weighted by molar-refractivity contribution is 7.88. The summed E-state index contributed by atoms with van der Waals surface area (Å²) in [5.74, 6) is 1.76. The minimum atomic E-state index is -3.19. The Morgan fingerprint density at radius 1 is 1.06 bits per heavy atom. The summed E-state index contributed by atoms with van der Waals surface area (Å²) in [6, 6.07) is 7.14. The fourth-order valence-corrected chi connectivity index (χ4v) is 4.71. The SMILES string of the molecule is COc1ccc(-c2nn(C)c(=O)c3cc(CN4CCN(S(C)(=O)=O)CC4)oc23)cc1OC. The van der Waals surface area contributed by atoms with Crippen LogP contribution in [0.3, 0.4) is 0 Å². The van der Waals surface area contributed by atoms with Gasteiger partial charge in [-0.05, 0) is 24.3 Å². The minimum Gasteiger partial charge on any atom is -0.493 e. The van der Waals surface area contributed by atoms with E-state index in [0.29, 0.717) is 66.6 Å². The summed E-state index contributed by atoms with van der Waals surface area (Å²) in [7, 11) is 1.53. The lowest BCUT2D eigenvalue weighted by Crippen LogP contribution is -2.47. The number of sulfonamides is 1. The standard InChI is InChI=1S/C21H26N4O6S/c1-23-21(26)16-12-15(13-24-7-9-25(10-8-24)32(4,27)28)31-20(16)19(22-23)14-5-6-17(29-2)18(11-14)30-3/h5-6,11-12H,7-10,13H2,1-4H3. The van der Waals surface area contributed by atoms with Gasteiger partial charge in [0.15, 0.2) is 17.1 Å². The molecule has 1 saturated heterocycles. The van der Waals surface area contributed by atoms with E-state index in [1.165, 1.54) is 15.2 Å². The lowest BCUT2D eigenvalue weighted by Gasteiger charge is -2.32. The highest BCUT2D eigenvalue weighted by Gasteiger charge is 2.25. The topological polar surface area (TPSA) is 107 Å². The summed E-state index contributed by atoms with van der Waals surface area (Å²) in [6.45, 7) is 2.51. The van der Waals surface area contributed by atoms with Gasteiger partial charge in [0.1, 0.15) is 11.5 Å². The van der Waals surface area contributed by atoms with Crippen LogP contribution in [0.2, 0.25) is 0 Å². The van der Waals surface area contributed by atoms with Crippen molar-refractivity contribution in [2.45, 2.75) is 6.54 Å². The van der Waals surface area contributed by atoms with Crippen LogP contribution in [0, 0.1) is 0 Å². The molecule has 3 aromatic rings. The van der Waals surface area contributed by atoms with Crippen LogP contribution in [0.25, 0.3) is 22.2 Å². The van der Waals surface area contributed by atoms with Gasteiger partial charge in [0.25, 0.3) is 5.56 Å². The van der Waals surface area contributed by atoms with E-state index in [-0.39, 0.29) is 5.56 Å². The highest BCUT2D eigenvalue weighted by Crippen LogP contribution is 2.34. The maximum atomic E-state index is 12.7. The Labute approximate surface area is 186 Å². The summed E-state index contributed by atoms with van der Waals surface area (Å²) in [6.07, 6.45) is 1.22. The molecule has 2 aromatic heterocycles. The minimum absolute atomic E-state index is 0.249. The summed E-state index contributed by atoms with van der Waals surface area (Å²) in [4.78, 5) is 14.8. The van der Waals surface area contributed by atoms with Gasteiger partial charge < -0.3 is 13.9 Å².